The number of benzene rings is 2. The lowest BCUT2D eigenvalue weighted by atomic mass is 9.98. The van der Waals surface area contributed by atoms with Gasteiger partial charge in [-0.15, -0.1) is 0 Å². The first kappa shape index (κ1) is 18.0. The molecule has 3 aromatic rings. The molecule has 2 aromatic carbocycles. The Labute approximate surface area is 163 Å². The third-order valence-corrected chi connectivity index (χ3v) is 5.38. The van der Waals surface area contributed by atoms with Crippen LogP contribution in [0.25, 0.3) is 11.1 Å². The lowest BCUT2D eigenvalue weighted by Gasteiger charge is -2.17. The number of carbonyl (C=O) groups is 2. The summed E-state index contributed by atoms with van der Waals surface area (Å²) in [5, 5.41) is 3.51. The minimum Gasteiger partial charge on any atom is -0.431 e. The summed E-state index contributed by atoms with van der Waals surface area (Å²) >= 11 is 7.12. The molecule has 8 heteroatoms. The van der Waals surface area contributed by atoms with Crippen molar-refractivity contribution < 1.29 is 18.4 Å². The summed E-state index contributed by atoms with van der Waals surface area (Å²) in [4.78, 5) is 28.2. The number of amides is 1. The third kappa shape index (κ3) is 3.57. The molecular formula is C19H14ClFN2O3S. The van der Waals surface area contributed by atoms with Crippen molar-refractivity contribution in [2.45, 2.75) is 25.0 Å². The van der Waals surface area contributed by atoms with Crippen LogP contribution in [-0.2, 0) is 11.2 Å². The number of anilines is 1. The number of halogens is 2. The minimum absolute atomic E-state index is 0.00716. The molecule has 0 bridgehead atoms. The fraction of sp³-hybridized carbons (Fsp3) is 0.211. The number of nitrogens with one attached hydrogen (secondary N) is 1. The van der Waals surface area contributed by atoms with Gasteiger partial charge in [-0.3, -0.25) is 9.59 Å². The summed E-state index contributed by atoms with van der Waals surface area (Å²) in [5.74, 6) is -1.18. The average molecular weight is 405 g/mol. The van der Waals surface area contributed by atoms with E-state index in [2.05, 4.69) is 10.3 Å². The first-order valence-electron chi connectivity index (χ1n) is 8.25. The second-order valence-electron chi connectivity index (χ2n) is 6.30. The van der Waals surface area contributed by atoms with E-state index in [4.69, 9.17) is 16.0 Å². The summed E-state index contributed by atoms with van der Waals surface area (Å²) in [6.45, 7) is 1.86. The molecule has 1 aromatic heterocycles. The predicted molar refractivity (Wildman–Crippen MR) is 102 cm³/mol. The molecular weight excluding hydrogens is 391 g/mol. The molecule has 0 unspecified atom stereocenters. The fourth-order valence-electron chi connectivity index (χ4n) is 3.02. The number of hydrogen-bond acceptors (Lipinski definition) is 5. The van der Waals surface area contributed by atoms with Crippen LogP contribution in [-0.4, -0.2) is 22.4 Å². The second-order valence-corrected chi connectivity index (χ2v) is 7.66. The third-order valence-electron chi connectivity index (χ3n) is 4.34. The van der Waals surface area contributed by atoms with Crippen LogP contribution in [0.2, 0.25) is 5.02 Å². The zero-order valence-electron chi connectivity index (χ0n) is 14.3. The van der Waals surface area contributed by atoms with Crippen molar-refractivity contribution in [2.75, 3.05) is 11.1 Å². The SMILES string of the molecule is Cc1cc(Cl)cc2nc(SCC(=O)c3cc4c(cc3F)NC(=O)CC4)oc12. The van der Waals surface area contributed by atoms with Crippen LogP contribution >= 0.6 is 23.4 Å². The summed E-state index contributed by atoms with van der Waals surface area (Å²) in [6.07, 6.45) is 0.811. The molecule has 1 aliphatic rings. The van der Waals surface area contributed by atoms with Gasteiger partial charge in [0.05, 0.1) is 11.3 Å². The van der Waals surface area contributed by atoms with Crippen LogP contribution in [0, 0.1) is 12.7 Å². The maximum Gasteiger partial charge on any atom is 0.257 e. The first-order valence-corrected chi connectivity index (χ1v) is 9.62. The van der Waals surface area contributed by atoms with E-state index in [-0.39, 0.29) is 23.0 Å². The summed E-state index contributed by atoms with van der Waals surface area (Å²) in [6, 6.07) is 6.19. The van der Waals surface area contributed by atoms with Gasteiger partial charge in [0.1, 0.15) is 11.3 Å². The molecule has 0 spiro atoms. The van der Waals surface area contributed by atoms with Crippen LogP contribution < -0.4 is 5.32 Å². The topological polar surface area (TPSA) is 72.2 Å². The van der Waals surface area contributed by atoms with Crippen LogP contribution in [0.5, 0.6) is 0 Å². The van der Waals surface area contributed by atoms with Crippen molar-refractivity contribution >= 4 is 51.8 Å². The van der Waals surface area contributed by atoms with Crippen molar-refractivity contribution in [1.29, 1.82) is 0 Å². The van der Waals surface area contributed by atoms with Crippen LogP contribution in [0.4, 0.5) is 10.1 Å². The largest absolute Gasteiger partial charge is 0.431 e. The van der Waals surface area contributed by atoms with Crippen LogP contribution in [0.3, 0.4) is 0 Å². The number of thioether (sulfide) groups is 1. The Morgan fingerprint density at radius 2 is 2.15 bits per heavy atom. The zero-order chi connectivity index (χ0) is 19.1. The molecule has 138 valence electrons. The highest BCUT2D eigenvalue weighted by atomic mass is 35.5. The standard InChI is InChI=1S/C19H14ClFN2O3S/c1-9-4-11(20)6-15-18(9)26-19(23-15)27-8-16(24)12-5-10-2-3-17(25)22-14(10)7-13(12)21/h4-7H,2-3,8H2,1H3,(H,22,25). The zero-order valence-corrected chi connectivity index (χ0v) is 15.8. The number of Topliss-reactive ketones (excluding diaryl/α,β-unsaturated/α-hetero) is 1. The molecule has 0 saturated carbocycles. The Balaban J connectivity index is 1.53. The molecule has 2 heterocycles. The number of fused-ring (bicyclic) bond motifs is 2. The number of rotatable bonds is 4. The number of oxazole rings is 1. The van der Waals surface area contributed by atoms with Crippen LogP contribution in [0.15, 0.2) is 33.9 Å². The molecule has 0 atom stereocenters. The monoisotopic (exact) mass is 404 g/mol. The van der Waals surface area contributed by atoms with Crippen molar-refractivity contribution in [2.24, 2.45) is 0 Å². The number of carbonyl (C=O) groups excluding carboxylic acids is 2. The lowest BCUT2D eigenvalue weighted by Crippen LogP contribution is -2.20. The Bertz CT molecular complexity index is 1100. The predicted octanol–water partition coefficient (Wildman–Crippen LogP) is 4.79. The molecule has 27 heavy (non-hydrogen) atoms. The van der Waals surface area contributed by atoms with E-state index < -0.39 is 5.82 Å². The van der Waals surface area contributed by atoms with Crippen molar-refractivity contribution in [3.63, 3.8) is 0 Å². The fourth-order valence-corrected chi connectivity index (χ4v) is 4.00. The van der Waals surface area contributed by atoms with E-state index >= 15 is 0 Å². The van der Waals surface area contributed by atoms with Gasteiger partial charge in [-0.25, -0.2) is 9.37 Å². The van der Waals surface area contributed by atoms with Gasteiger partial charge < -0.3 is 9.73 Å². The quantitative estimate of drug-likeness (QED) is 0.500. The summed E-state index contributed by atoms with van der Waals surface area (Å²) in [5.41, 5.74) is 3.28. The van der Waals surface area contributed by atoms with Gasteiger partial charge in [0.2, 0.25) is 5.91 Å². The normalized spacial score (nSPS) is 13.5. The van der Waals surface area contributed by atoms with Crippen molar-refractivity contribution in [3.05, 3.63) is 51.8 Å². The number of nitrogens with zero attached hydrogens (tertiary/aromatic N) is 1. The highest BCUT2D eigenvalue weighted by Gasteiger charge is 2.21. The number of ketones is 1. The Kier molecular flexibility index (Phi) is 4.65. The van der Waals surface area contributed by atoms with E-state index in [9.17, 15) is 14.0 Å². The van der Waals surface area contributed by atoms with Gasteiger partial charge in [-0.05, 0) is 48.7 Å². The van der Waals surface area contributed by atoms with Crippen molar-refractivity contribution in [3.8, 4) is 0 Å². The van der Waals surface area contributed by atoms with Crippen LogP contribution in [0.1, 0.15) is 27.9 Å². The molecule has 5 nitrogen and oxygen atoms in total. The highest BCUT2D eigenvalue weighted by Crippen LogP contribution is 2.30. The Morgan fingerprint density at radius 1 is 1.33 bits per heavy atom. The maximum absolute atomic E-state index is 14.3. The Morgan fingerprint density at radius 3 is 2.96 bits per heavy atom. The van der Waals surface area contributed by atoms with Gasteiger partial charge in [-0.1, -0.05) is 23.4 Å². The van der Waals surface area contributed by atoms with Gasteiger partial charge >= 0.3 is 0 Å². The maximum atomic E-state index is 14.3. The van der Waals surface area contributed by atoms with E-state index in [1.807, 2.05) is 6.92 Å². The lowest BCUT2D eigenvalue weighted by molar-refractivity contribution is -0.116. The number of hydrogen-bond donors (Lipinski definition) is 1. The molecule has 0 saturated heterocycles. The van der Waals surface area contributed by atoms with Gasteiger partial charge in [-0.2, -0.15) is 0 Å². The molecule has 1 N–H and O–H groups in total. The second kappa shape index (κ2) is 6.98. The van der Waals surface area contributed by atoms with Gasteiger partial charge in [0.25, 0.3) is 5.22 Å². The number of aryl methyl sites for hydroxylation is 2. The smallest absolute Gasteiger partial charge is 0.257 e. The summed E-state index contributed by atoms with van der Waals surface area (Å²) in [7, 11) is 0. The van der Waals surface area contributed by atoms with E-state index in [1.54, 1.807) is 12.1 Å². The first-order chi connectivity index (χ1) is 12.9. The minimum atomic E-state index is -0.651. The van der Waals surface area contributed by atoms with E-state index in [1.165, 1.54) is 12.1 Å². The van der Waals surface area contributed by atoms with Crippen molar-refractivity contribution in [1.82, 2.24) is 4.98 Å². The van der Waals surface area contributed by atoms with Gasteiger partial charge in [0.15, 0.2) is 11.4 Å². The highest BCUT2D eigenvalue weighted by molar-refractivity contribution is 7.99. The molecule has 0 aliphatic carbocycles. The summed E-state index contributed by atoms with van der Waals surface area (Å²) < 4.78 is 20.0. The number of aromatic nitrogens is 1. The Hall–Kier alpha value is -2.38. The molecule has 0 radical (unpaired) electrons. The van der Waals surface area contributed by atoms with E-state index in [0.29, 0.717) is 39.9 Å². The van der Waals surface area contributed by atoms with E-state index in [0.717, 1.165) is 22.9 Å². The molecule has 1 amide bonds. The molecule has 4 rings (SSSR count). The van der Waals surface area contributed by atoms with Gasteiger partial charge in [0, 0.05) is 17.1 Å². The average Bonchev–Trinajstić information content (AvgIpc) is 3.02. The molecule has 1 aliphatic heterocycles. The molecule has 0 fully saturated rings.